The molecule has 0 radical (unpaired) electrons. The molecule has 0 aromatic carbocycles. The number of aliphatic hydroxyl groups excluding tert-OH is 1. The molecule has 0 aliphatic carbocycles. The van der Waals surface area contributed by atoms with Crippen LogP contribution in [0.5, 0.6) is 0 Å². The largest absolute Gasteiger partial charge is 0.479 e. The van der Waals surface area contributed by atoms with Crippen molar-refractivity contribution in [3.05, 3.63) is 10.6 Å². The van der Waals surface area contributed by atoms with E-state index >= 15 is 0 Å². The fourth-order valence-electron chi connectivity index (χ4n) is 1.36. The zero-order valence-electron chi connectivity index (χ0n) is 11.0. The van der Waals surface area contributed by atoms with Gasteiger partial charge in [0, 0.05) is 18.4 Å². The van der Waals surface area contributed by atoms with Gasteiger partial charge in [0.2, 0.25) is 0 Å². The molecule has 7 nitrogen and oxygen atoms in total. The Bertz CT molecular complexity index is 467. The van der Waals surface area contributed by atoms with E-state index in [-0.39, 0.29) is 24.3 Å². The Balaban J connectivity index is 2.60. The minimum Gasteiger partial charge on any atom is -0.479 e. The van der Waals surface area contributed by atoms with E-state index in [1.165, 1.54) is 0 Å². The van der Waals surface area contributed by atoms with Crippen LogP contribution in [0.2, 0.25) is 0 Å². The Hall–Kier alpha value is -1.54. The van der Waals surface area contributed by atoms with Gasteiger partial charge in [0.25, 0.3) is 5.91 Å². The molecule has 0 bridgehead atoms. The summed E-state index contributed by atoms with van der Waals surface area (Å²) in [5, 5.41) is 24.1. The topological polar surface area (TPSA) is 112 Å². The maximum absolute atomic E-state index is 11.9. The number of carboxylic acids is 1. The lowest BCUT2D eigenvalue weighted by molar-refractivity contribution is -0.146. The van der Waals surface area contributed by atoms with Crippen LogP contribution in [0.3, 0.4) is 0 Å². The minimum atomic E-state index is -1.47. The second-order valence-corrected chi connectivity index (χ2v) is 5.85. The second-order valence-electron chi connectivity index (χ2n) is 5.10. The Labute approximate surface area is 114 Å². The van der Waals surface area contributed by atoms with Crippen LogP contribution in [0.15, 0.2) is 0 Å². The van der Waals surface area contributed by atoms with Gasteiger partial charge in [-0.3, -0.25) is 4.79 Å². The van der Waals surface area contributed by atoms with Gasteiger partial charge >= 0.3 is 5.97 Å². The summed E-state index contributed by atoms with van der Waals surface area (Å²) in [5.41, 5.74) is 0.314. The van der Waals surface area contributed by atoms with E-state index in [1.54, 1.807) is 0 Å². The number of aromatic nitrogens is 2. The number of carbonyl (C=O) groups is 2. The summed E-state index contributed by atoms with van der Waals surface area (Å²) < 4.78 is 3.77. The molecule has 1 rings (SSSR count). The molecule has 1 amide bonds. The standard InChI is InChI=1S/C11H17N3O4S/c1-11(2,3)8-7(19-14-13-8)9(16)12-5-4-6(15)10(17)18/h6,15H,4-5H2,1-3H3,(H,12,16)(H,17,18). The summed E-state index contributed by atoms with van der Waals surface area (Å²) in [4.78, 5) is 22.7. The number of hydrogen-bond donors (Lipinski definition) is 3. The van der Waals surface area contributed by atoms with Crippen LogP contribution in [0.4, 0.5) is 0 Å². The maximum Gasteiger partial charge on any atom is 0.332 e. The first-order chi connectivity index (χ1) is 8.73. The van der Waals surface area contributed by atoms with E-state index in [2.05, 4.69) is 14.9 Å². The Morgan fingerprint density at radius 1 is 1.42 bits per heavy atom. The van der Waals surface area contributed by atoms with Crippen LogP contribution in [0, 0.1) is 0 Å². The fourth-order valence-corrected chi connectivity index (χ4v) is 2.15. The average Bonchev–Trinajstić information content (AvgIpc) is 2.76. The van der Waals surface area contributed by atoms with Crippen LogP contribution >= 0.6 is 11.5 Å². The summed E-state index contributed by atoms with van der Waals surface area (Å²) >= 11 is 0.998. The van der Waals surface area contributed by atoms with Crippen LogP contribution in [0.1, 0.15) is 42.6 Å². The monoisotopic (exact) mass is 287 g/mol. The summed E-state index contributed by atoms with van der Waals surface area (Å²) in [6.45, 7) is 5.85. The van der Waals surface area contributed by atoms with Crippen molar-refractivity contribution in [2.45, 2.75) is 38.7 Å². The normalized spacial score (nSPS) is 13.1. The third-order valence-electron chi connectivity index (χ3n) is 2.39. The van der Waals surface area contributed by atoms with Crippen molar-refractivity contribution in [1.82, 2.24) is 14.9 Å². The first-order valence-corrected chi connectivity index (χ1v) is 6.52. The van der Waals surface area contributed by atoms with Gasteiger partial charge in [0.05, 0.1) is 5.69 Å². The van der Waals surface area contributed by atoms with E-state index in [1.807, 2.05) is 20.8 Å². The number of aliphatic carboxylic acids is 1. The number of nitrogens with one attached hydrogen (secondary N) is 1. The number of aliphatic hydroxyl groups is 1. The maximum atomic E-state index is 11.9. The number of nitrogens with zero attached hydrogens (tertiary/aromatic N) is 2. The predicted molar refractivity (Wildman–Crippen MR) is 69.2 cm³/mol. The summed E-state index contributed by atoms with van der Waals surface area (Å²) in [6, 6.07) is 0. The number of carboxylic acid groups (broad SMARTS) is 1. The van der Waals surface area contributed by atoms with Crippen LogP contribution in [-0.2, 0) is 10.2 Å². The average molecular weight is 287 g/mol. The van der Waals surface area contributed by atoms with Gasteiger partial charge in [-0.2, -0.15) is 0 Å². The van der Waals surface area contributed by atoms with Crippen LogP contribution in [-0.4, -0.2) is 44.3 Å². The van der Waals surface area contributed by atoms with Gasteiger partial charge in [-0.05, 0) is 11.5 Å². The number of carbonyl (C=O) groups excluding carboxylic acids is 1. The molecule has 0 aliphatic rings. The molecule has 0 saturated heterocycles. The molecule has 106 valence electrons. The van der Waals surface area contributed by atoms with Crippen molar-refractivity contribution in [1.29, 1.82) is 0 Å². The zero-order chi connectivity index (χ0) is 14.6. The molecule has 0 aliphatic heterocycles. The highest BCUT2D eigenvalue weighted by Crippen LogP contribution is 2.25. The molecule has 19 heavy (non-hydrogen) atoms. The lowest BCUT2D eigenvalue weighted by atomic mass is 9.91. The summed E-state index contributed by atoms with van der Waals surface area (Å²) in [7, 11) is 0. The molecule has 0 spiro atoms. The van der Waals surface area contributed by atoms with Gasteiger partial charge in [0.15, 0.2) is 6.10 Å². The van der Waals surface area contributed by atoms with Crippen molar-refractivity contribution >= 4 is 23.4 Å². The number of rotatable bonds is 5. The van der Waals surface area contributed by atoms with Crippen LogP contribution in [0.25, 0.3) is 0 Å². The number of hydrogen-bond acceptors (Lipinski definition) is 6. The fraction of sp³-hybridized carbons (Fsp3) is 0.636. The second kappa shape index (κ2) is 6.07. The van der Waals surface area contributed by atoms with E-state index in [0.29, 0.717) is 10.6 Å². The summed E-state index contributed by atoms with van der Waals surface area (Å²) in [5.74, 6) is -1.65. The molecule has 1 aromatic rings. The summed E-state index contributed by atoms with van der Waals surface area (Å²) in [6.07, 6.45) is -1.51. The van der Waals surface area contributed by atoms with E-state index in [0.717, 1.165) is 11.5 Å². The molecule has 1 unspecified atom stereocenters. The SMILES string of the molecule is CC(C)(C)c1nnsc1C(=O)NCCC(O)C(=O)O. The molecular weight excluding hydrogens is 270 g/mol. The Morgan fingerprint density at radius 2 is 2.05 bits per heavy atom. The molecule has 1 atom stereocenters. The van der Waals surface area contributed by atoms with Crippen molar-refractivity contribution < 1.29 is 19.8 Å². The van der Waals surface area contributed by atoms with Gasteiger partial charge in [-0.1, -0.05) is 25.3 Å². The third kappa shape index (κ3) is 4.25. The van der Waals surface area contributed by atoms with Gasteiger partial charge in [0.1, 0.15) is 4.88 Å². The Kier molecular flexibility index (Phi) is 4.96. The van der Waals surface area contributed by atoms with Gasteiger partial charge in [-0.15, -0.1) is 5.10 Å². The minimum absolute atomic E-state index is 0.0435. The van der Waals surface area contributed by atoms with Crippen molar-refractivity contribution in [3.63, 3.8) is 0 Å². The highest BCUT2D eigenvalue weighted by Gasteiger charge is 2.26. The predicted octanol–water partition coefficient (Wildman–Crippen LogP) is 0.401. The zero-order valence-corrected chi connectivity index (χ0v) is 11.8. The third-order valence-corrected chi connectivity index (χ3v) is 3.12. The molecule has 3 N–H and O–H groups in total. The quantitative estimate of drug-likeness (QED) is 0.722. The van der Waals surface area contributed by atoms with E-state index in [9.17, 15) is 9.59 Å². The van der Waals surface area contributed by atoms with E-state index in [4.69, 9.17) is 10.2 Å². The molecule has 0 fully saturated rings. The highest BCUT2D eigenvalue weighted by atomic mass is 32.1. The lowest BCUT2D eigenvalue weighted by Gasteiger charge is -2.16. The first-order valence-electron chi connectivity index (χ1n) is 5.75. The first kappa shape index (κ1) is 15.5. The lowest BCUT2D eigenvalue weighted by Crippen LogP contribution is -2.31. The molecular formula is C11H17N3O4S. The Morgan fingerprint density at radius 3 is 2.58 bits per heavy atom. The van der Waals surface area contributed by atoms with Gasteiger partial charge < -0.3 is 15.5 Å². The van der Waals surface area contributed by atoms with Gasteiger partial charge in [-0.25, -0.2) is 4.79 Å². The molecule has 1 aromatic heterocycles. The molecule has 0 saturated carbocycles. The van der Waals surface area contributed by atoms with Crippen molar-refractivity contribution in [2.75, 3.05) is 6.54 Å². The van der Waals surface area contributed by atoms with Crippen molar-refractivity contribution in [3.8, 4) is 0 Å². The smallest absolute Gasteiger partial charge is 0.332 e. The number of amides is 1. The molecule has 8 heteroatoms. The van der Waals surface area contributed by atoms with Crippen LogP contribution < -0.4 is 5.32 Å². The van der Waals surface area contributed by atoms with Crippen molar-refractivity contribution in [2.24, 2.45) is 0 Å². The molecule has 1 heterocycles. The highest BCUT2D eigenvalue weighted by molar-refractivity contribution is 7.08. The van der Waals surface area contributed by atoms with E-state index < -0.39 is 12.1 Å².